The Balaban J connectivity index is 1.50. The summed E-state index contributed by atoms with van der Waals surface area (Å²) in [5.74, 6) is 0. The van der Waals surface area contributed by atoms with Gasteiger partial charge in [-0.15, -0.1) is 11.3 Å². The number of aryl methyl sites for hydroxylation is 1. The highest BCUT2D eigenvalue weighted by Crippen LogP contribution is 2.22. The standard InChI is InChI=1S/C14H24N4S/c1-11-16-8-14(19-11)10-17-5-4-13(9-17)18-6-2-12(15)3-7-18/h8,12-13H,2-7,9-10,15H2,1H3. The highest BCUT2D eigenvalue weighted by Gasteiger charge is 2.29. The van der Waals surface area contributed by atoms with Crippen molar-refractivity contribution in [2.45, 2.75) is 44.8 Å². The first kappa shape index (κ1) is 13.5. The fraction of sp³-hybridized carbons (Fsp3) is 0.786. The van der Waals surface area contributed by atoms with Crippen LogP contribution in [0.25, 0.3) is 0 Å². The molecule has 1 aromatic heterocycles. The number of likely N-dealkylation sites (tertiary alicyclic amines) is 2. The summed E-state index contributed by atoms with van der Waals surface area (Å²) in [6.07, 6.45) is 5.69. The second kappa shape index (κ2) is 5.87. The molecule has 0 aromatic carbocycles. The van der Waals surface area contributed by atoms with Crippen LogP contribution in [0.5, 0.6) is 0 Å². The normalized spacial score (nSPS) is 27.2. The highest BCUT2D eigenvalue weighted by atomic mass is 32.1. The third-order valence-electron chi connectivity index (χ3n) is 4.39. The van der Waals surface area contributed by atoms with E-state index >= 15 is 0 Å². The van der Waals surface area contributed by atoms with Gasteiger partial charge in [0.25, 0.3) is 0 Å². The minimum absolute atomic E-state index is 0.439. The SMILES string of the molecule is Cc1ncc(CN2CCC(N3CCC(N)CC3)C2)s1. The molecule has 4 nitrogen and oxygen atoms in total. The number of rotatable bonds is 3. The minimum atomic E-state index is 0.439. The lowest BCUT2D eigenvalue weighted by atomic mass is 10.0. The quantitative estimate of drug-likeness (QED) is 0.910. The number of thiazole rings is 1. The largest absolute Gasteiger partial charge is 0.328 e. The van der Waals surface area contributed by atoms with Crippen molar-refractivity contribution in [2.75, 3.05) is 26.2 Å². The molecule has 1 atom stereocenters. The van der Waals surface area contributed by atoms with Crippen molar-refractivity contribution < 1.29 is 0 Å². The van der Waals surface area contributed by atoms with Gasteiger partial charge in [0.05, 0.1) is 5.01 Å². The van der Waals surface area contributed by atoms with E-state index in [1.54, 1.807) is 0 Å². The Morgan fingerprint density at radius 1 is 1.32 bits per heavy atom. The molecule has 106 valence electrons. The van der Waals surface area contributed by atoms with Gasteiger partial charge in [0.15, 0.2) is 0 Å². The smallest absolute Gasteiger partial charge is 0.0897 e. The topological polar surface area (TPSA) is 45.4 Å². The molecule has 3 rings (SSSR count). The van der Waals surface area contributed by atoms with E-state index < -0.39 is 0 Å². The zero-order valence-electron chi connectivity index (χ0n) is 11.7. The van der Waals surface area contributed by atoms with Gasteiger partial charge in [0.2, 0.25) is 0 Å². The van der Waals surface area contributed by atoms with Crippen molar-refractivity contribution >= 4 is 11.3 Å². The maximum atomic E-state index is 5.98. The third kappa shape index (κ3) is 3.34. The number of aromatic nitrogens is 1. The molecule has 2 saturated heterocycles. The van der Waals surface area contributed by atoms with Gasteiger partial charge < -0.3 is 5.73 Å². The highest BCUT2D eigenvalue weighted by molar-refractivity contribution is 7.11. The van der Waals surface area contributed by atoms with Gasteiger partial charge in [0.1, 0.15) is 0 Å². The second-order valence-electron chi connectivity index (χ2n) is 5.90. The molecule has 0 aliphatic carbocycles. The van der Waals surface area contributed by atoms with E-state index in [-0.39, 0.29) is 0 Å². The first-order valence-corrected chi connectivity index (χ1v) is 8.15. The molecule has 3 heterocycles. The summed E-state index contributed by atoms with van der Waals surface area (Å²) in [6.45, 7) is 7.99. The Bertz CT molecular complexity index is 411. The van der Waals surface area contributed by atoms with Crippen molar-refractivity contribution in [3.63, 3.8) is 0 Å². The van der Waals surface area contributed by atoms with Gasteiger partial charge in [-0.2, -0.15) is 0 Å². The molecule has 2 aliphatic heterocycles. The van der Waals surface area contributed by atoms with Crippen LogP contribution in [0.4, 0.5) is 0 Å². The fourth-order valence-electron chi connectivity index (χ4n) is 3.24. The lowest BCUT2D eigenvalue weighted by Crippen LogP contribution is -2.45. The van der Waals surface area contributed by atoms with Crippen molar-refractivity contribution in [2.24, 2.45) is 5.73 Å². The van der Waals surface area contributed by atoms with E-state index in [4.69, 9.17) is 5.73 Å². The van der Waals surface area contributed by atoms with Gasteiger partial charge in [0, 0.05) is 42.8 Å². The van der Waals surface area contributed by atoms with Crippen molar-refractivity contribution in [3.05, 3.63) is 16.1 Å². The summed E-state index contributed by atoms with van der Waals surface area (Å²) in [4.78, 5) is 11.0. The number of nitrogens with zero attached hydrogens (tertiary/aromatic N) is 3. The molecule has 0 amide bonds. The van der Waals surface area contributed by atoms with Gasteiger partial charge in [-0.3, -0.25) is 9.80 Å². The minimum Gasteiger partial charge on any atom is -0.328 e. The number of nitrogens with two attached hydrogens (primary N) is 1. The molecule has 0 radical (unpaired) electrons. The first-order chi connectivity index (χ1) is 9.20. The summed E-state index contributed by atoms with van der Waals surface area (Å²) >= 11 is 1.83. The number of hydrogen-bond acceptors (Lipinski definition) is 5. The van der Waals surface area contributed by atoms with Crippen LogP contribution in [-0.2, 0) is 6.54 Å². The average molecular weight is 280 g/mol. The molecule has 2 aliphatic rings. The molecule has 5 heteroatoms. The Morgan fingerprint density at radius 3 is 2.79 bits per heavy atom. The van der Waals surface area contributed by atoms with Gasteiger partial charge >= 0.3 is 0 Å². The van der Waals surface area contributed by atoms with E-state index in [9.17, 15) is 0 Å². The van der Waals surface area contributed by atoms with Crippen LogP contribution in [0.3, 0.4) is 0 Å². The molecule has 0 spiro atoms. The molecule has 0 bridgehead atoms. The van der Waals surface area contributed by atoms with E-state index in [1.165, 1.54) is 55.3 Å². The van der Waals surface area contributed by atoms with Crippen molar-refractivity contribution in [1.29, 1.82) is 0 Å². The van der Waals surface area contributed by atoms with Gasteiger partial charge in [-0.25, -0.2) is 4.98 Å². The fourth-order valence-corrected chi connectivity index (χ4v) is 4.07. The summed E-state index contributed by atoms with van der Waals surface area (Å²) in [5, 5.41) is 1.18. The number of piperidine rings is 1. The van der Waals surface area contributed by atoms with E-state index in [1.807, 2.05) is 17.5 Å². The lowest BCUT2D eigenvalue weighted by molar-refractivity contribution is 0.151. The molecular weight excluding hydrogens is 256 g/mol. The summed E-state index contributed by atoms with van der Waals surface area (Å²) in [5.41, 5.74) is 5.98. The van der Waals surface area contributed by atoms with Gasteiger partial charge in [-0.05, 0) is 39.3 Å². The zero-order valence-corrected chi connectivity index (χ0v) is 12.5. The summed E-state index contributed by atoms with van der Waals surface area (Å²) in [7, 11) is 0. The van der Waals surface area contributed by atoms with E-state index in [0.29, 0.717) is 6.04 Å². The van der Waals surface area contributed by atoms with Crippen LogP contribution in [-0.4, -0.2) is 53.0 Å². The first-order valence-electron chi connectivity index (χ1n) is 7.34. The molecule has 0 saturated carbocycles. The Kier molecular flexibility index (Phi) is 4.17. The molecule has 2 fully saturated rings. The molecule has 2 N–H and O–H groups in total. The summed E-state index contributed by atoms with van der Waals surface area (Å²) < 4.78 is 0. The predicted molar refractivity (Wildman–Crippen MR) is 79.3 cm³/mol. The zero-order chi connectivity index (χ0) is 13.2. The van der Waals surface area contributed by atoms with Crippen molar-refractivity contribution in [3.8, 4) is 0 Å². The van der Waals surface area contributed by atoms with Crippen LogP contribution in [0.1, 0.15) is 29.1 Å². The van der Waals surface area contributed by atoms with Crippen LogP contribution >= 0.6 is 11.3 Å². The predicted octanol–water partition coefficient (Wildman–Crippen LogP) is 1.45. The summed E-state index contributed by atoms with van der Waals surface area (Å²) in [6, 6.07) is 1.19. The maximum absolute atomic E-state index is 5.98. The monoisotopic (exact) mass is 280 g/mol. The Labute approximate surface area is 119 Å². The maximum Gasteiger partial charge on any atom is 0.0897 e. The van der Waals surface area contributed by atoms with Crippen LogP contribution in [0.15, 0.2) is 6.20 Å². The lowest BCUT2D eigenvalue weighted by Gasteiger charge is -2.34. The molecular formula is C14H24N4S. The second-order valence-corrected chi connectivity index (χ2v) is 7.22. The van der Waals surface area contributed by atoms with Crippen LogP contribution in [0, 0.1) is 6.92 Å². The average Bonchev–Trinajstić information content (AvgIpc) is 3.00. The molecule has 1 aromatic rings. The third-order valence-corrected chi connectivity index (χ3v) is 5.28. The van der Waals surface area contributed by atoms with Gasteiger partial charge in [-0.1, -0.05) is 0 Å². The van der Waals surface area contributed by atoms with E-state index in [2.05, 4.69) is 21.7 Å². The van der Waals surface area contributed by atoms with E-state index in [0.717, 1.165) is 12.6 Å². The Hall–Kier alpha value is -0.490. The van der Waals surface area contributed by atoms with Crippen LogP contribution < -0.4 is 5.73 Å². The number of hydrogen-bond donors (Lipinski definition) is 1. The van der Waals surface area contributed by atoms with Crippen LogP contribution in [0.2, 0.25) is 0 Å². The van der Waals surface area contributed by atoms with Crippen molar-refractivity contribution in [1.82, 2.24) is 14.8 Å². The Morgan fingerprint density at radius 2 is 2.11 bits per heavy atom. The molecule has 19 heavy (non-hydrogen) atoms. The molecule has 1 unspecified atom stereocenters.